The van der Waals surface area contributed by atoms with Crippen molar-refractivity contribution in [1.29, 1.82) is 0 Å². The third-order valence-electron chi connectivity index (χ3n) is 2.24. The molecule has 0 unspecified atom stereocenters. The Balaban J connectivity index is 2.37. The van der Waals surface area contributed by atoms with Gasteiger partial charge >= 0.3 is 0 Å². The highest BCUT2D eigenvalue weighted by Crippen LogP contribution is 2.08. The van der Waals surface area contributed by atoms with Gasteiger partial charge in [0.1, 0.15) is 5.82 Å². The van der Waals surface area contributed by atoms with E-state index in [1.165, 1.54) is 6.07 Å². The highest BCUT2D eigenvalue weighted by molar-refractivity contribution is 5.77. The van der Waals surface area contributed by atoms with Crippen molar-refractivity contribution in [3.63, 3.8) is 0 Å². The molecule has 1 aromatic carbocycles. The van der Waals surface area contributed by atoms with Crippen LogP contribution in [0.3, 0.4) is 0 Å². The normalized spacial score (nSPS) is 9.71. The molecule has 2 N–H and O–H groups in total. The second-order valence-corrected chi connectivity index (χ2v) is 3.67. The zero-order valence-electron chi connectivity index (χ0n) is 9.72. The zero-order chi connectivity index (χ0) is 12.7. The largest absolute Gasteiger partial charge is 0.351 e. The first kappa shape index (κ1) is 13.2. The molecule has 1 amide bonds. The first-order chi connectivity index (χ1) is 8.13. The van der Waals surface area contributed by atoms with Crippen molar-refractivity contribution in [2.75, 3.05) is 13.1 Å². The van der Waals surface area contributed by atoms with Crippen LogP contribution in [0.2, 0.25) is 0 Å². The molecule has 0 spiro atoms. The molecule has 1 rings (SSSR count). The van der Waals surface area contributed by atoms with Gasteiger partial charge in [-0.15, -0.1) is 6.42 Å². The maximum absolute atomic E-state index is 13.2. The summed E-state index contributed by atoms with van der Waals surface area (Å²) in [6.45, 7) is 2.53. The Hall–Kier alpha value is -1.86. The number of aryl methyl sites for hydroxylation is 1. The minimum Gasteiger partial charge on any atom is -0.351 e. The third kappa shape index (κ3) is 4.66. The SMILES string of the molecule is C#CCNCC(=O)NCc1ccc(C)c(F)c1. The summed E-state index contributed by atoms with van der Waals surface area (Å²) in [6, 6.07) is 4.89. The van der Waals surface area contributed by atoms with Crippen LogP contribution in [0.4, 0.5) is 4.39 Å². The first-order valence-corrected chi connectivity index (χ1v) is 5.29. The Bertz CT molecular complexity index is 438. The fraction of sp³-hybridized carbons (Fsp3) is 0.308. The molecule has 0 saturated heterocycles. The average molecular weight is 234 g/mol. The summed E-state index contributed by atoms with van der Waals surface area (Å²) in [5, 5.41) is 5.44. The van der Waals surface area contributed by atoms with Crippen LogP contribution >= 0.6 is 0 Å². The Morgan fingerprint density at radius 1 is 1.53 bits per heavy atom. The van der Waals surface area contributed by atoms with E-state index < -0.39 is 0 Å². The highest BCUT2D eigenvalue weighted by Gasteiger charge is 2.02. The van der Waals surface area contributed by atoms with Gasteiger partial charge in [-0.3, -0.25) is 10.1 Å². The number of halogens is 1. The second-order valence-electron chi connectivity index (χ2n) is 3.67. The van der Waals surface area contributed by atoms with Crippen molar-refractivity contribution in [3.8, 4) is 12.3 Å². The molecule has 4 heteroatoms. The van der Waals surface area contributed by atoms with Crippen LogP contribution in [-0.2, 0) is 11.3 Å². The van der Waals surface area contributed by atoms with Crippen molar-refractivity contribution in [1.82, 2.24) is 10.6 Å². The van der Waals surface area contributed by atoms with Crippen molar-refractivity contribution in [3.05, 3.63) is 35.1 Å². The van der Waals surface area contributed by atoms with Gasteiger partial charge in [0.05, 0.1) is 13.1 Å². The lowest BCUT2D eigenvalue weighted by Crippen LogP contribution is -2.33. The minimum atomic E-state index is -0.262. The number of amides is 1. The van der Waals surface area contributed by atoms with E-state index in [0.717, 1.165) is 5.56 Å². The summed E-state index contributed by atoms with van der Waals surface area (Å²) < 4.78 is 13.2. The molecule has 17 heavy (non-hydrogen) atoms. The number of hydrogen-bond donors (Lipinski definition) is 2. The number of carbonyl (C=O) groups is 1. The molecular weight excluding hydrogens is 219 g/mol. The Morgan fingerprint density at radius 2 is 2.29 bits per heavy atom. The van der Waals surface area contributed by atoms with Gasteiger partial charge in [-0.2, -0.15) is 0 Å². The topological polar surface area (TPSA) is 41.1 Å². The highest BCUT2D eigenvalue weighted by atomic mass is 19.1. The molecule has 0 aliphatic carbocycles. The molecule has 0 aliphatic heterocycles. The van der Waals surface area contributed by atoms with Crippen LogP contribution in [0.1, 0.15) is 11.1 Å². The van der Waals surface area contributed by atoms with Gasteiger partial charge in [0, 0.05) is 6.54 Å². The molecule has 0 fully saturated rings. The second kappa shape index (κ2) is 6.66. The lowest BCUT2D eigenvalue weighted by molar-refractivity contribution is -0.120. The molecule has 3 nitrogen and oxygen atoms in total. The lowest BCUT2D eigenvalue weighted by atomic mass is 10.1. The average Bonchev–Trinajstić information content (AvgIpc) is 2.31. The smallest absolute Gasteiger partial charge is 0.234 e. The number of rotatable bonds is 5. The predicted molar refractivity (Wildman–Crippen MR) is 64.7 cm³/mol. The molecule has 1 aromatic rings. The maximum atomic E-state index is 13.2. The maximum Gasteiger partial charge on any atom is 0.234 e. The Kier molecular flexibility index (Phi) is 5.18. The third-order valence-corrected chi connectivity index (χ3v) is 2.24. The summed E-state index contributed by atoms with van der Waals surface area (Å²) in [5.74, 6) is 1.94. The van der Waals surface area contributed by atoms with Gasteiger partial charge < -0.3 is 5.32 Å². The molecule has 0 heterocycles. The Morgan fingerprint density at radius 3 is 2.94 bits per heavy atom. The van der Waals surface area contributed by atoms with E-state index >= 15 is 0 Å². The van der Waals surface area contributed by atoms with Crippen LogP contribution in [0.15, 0.2) is 18.2 Å². The van der Waals surface area contributed by atoms with Crippen molar-refractivity contribution < 1.29 is 9.18 Å². The van der Waals surface area contributed by atoms with Gasteiger partial charge in [0.2, 0.25) is 5.91 Å². The van der Waals surface area contributed by atoms with E-state index in [-0.39, 0.29) is 18.3 Å². The molecule has 0 radical (unpaired) electrons. The van der Waals surface area contributed by atoms with Crippen LogP contribution in [-0.4, -0.2) is 19.0 Å². The number of hydrogen-bond acceptors (Lipinski definition) is 2. The quantitative estimate of drug-likeness (QED) is 0.589. The molecule has 0 aromatic heterocycles. The molecule has 90 valence electrons. The lowest BCUT2D eigenvalue weighted by Gasteiger charge is -2.06. The van der Waals surface area contributed by atoms with Gasteiger partial charge in [-0.05, 0) is 24.1 Å². The summed E-state index contributed by atoms with van der Waals surface area (Å²) in [7, 11) is 0. The van der Waals surface area contributed by atoms with Gasteiger partial charge in [-0.25, -0.2) is 4.39 Å². The first-order valence-electron chi connectivity index (χ1n) is 5.29. The monoisotopic (exact) mass is 234 g/mol. The van der Waals surface area contributed by atoms with Crippen molar-refractivity contribution in [2.45, 2.75) is 13.5 Å². The van der Waals surface area contributed by atoms with E-state index in [1.54, 1.807) is 19.1 Å². The van der Waals surface area contributed by atoms with E-state index in [4.69, 9.17) is 6.42 Å². The standard InChI is InChI=1S/C13H15FN2O/c1-3-6-15-9-13(17)16-8-11-5-4-10(2)12(14)7-11/h1,4-5,7,15H,6,8-9H2,2H3,(H,16,17). The zero-order valence-corrected chi connectivity index (χ0v) is 9.72. The van der Waals surface area contributed by atoms with Crippen LogP contribution in [0.25, 0.3) is 0 Å². The van der Waals surface area contributed by atoms with Gasteiger partial charge in [0.25, 0.3) is 0 Å². The van der Waals surface area contributed by atoms with E-state index in [1.807, 2.05) is 0 Å². The molecule has 0 aliphatic rings. The minimum absolute atomic E-state index is 0.165. The van der Waals surface area contributed by atoms with Crippen LogP contribution in [0.5, 0.6) is 0 Å². The van der Waals surface area contributed by atoms with Gasteiger partial charge in [-0.1, -0.05) is 18.1 Å². The summed E-state index contributed by atoms with van der Waals surface area (Å²) in [4.78, 5) is 11.3. The van der Waals surface area contributed by atoms with E-state index in [9.17, 15) is 9.18 Å². The van der Waals surface area contributed by atoms with E-state index in [2.05, 4.69) is 16.6 Å². The predicted octanol–water partition coefficient (Wildman–Crippen LogP) is 0.973. The fourth-order valence-electron chi connectivity index (χ4n) is 1.26. The number of carbonyl (C=O) groups excluding carboxylic acids is 1. The molecule has 0 bridgehead atoms. The number of nitrogens with one attached hydrogen (secondary N) is 2. The summed E-state index contributed by atoms with van der Waals surface area (Å²) >= 11 is 0. The summed E-state index contributed by atoms with van der Waals surface area (Å²) in [5.41, 5.74) is 1.33. The number of benzene rings is 1. The molecule has 0 saturated carbocycles. The van der Waals surface area contributed by atoms with E-state index in [0.29, 0.717) is 18.7 Å². The van der Waals surface area contributed by atoms with Gasteiger partial charge in [0.15, 0.2) is 0 Å². The molecular formula is C13H15FN2O. The van der Waals surface area contributed by atoms with Crippen LogP contribution < -0.4 is 10.6 Å². The number of terminal acetylenes is 1. The van der Waals surface area contributed by atoms with Crippen LogP contribution in [0, 0.1) is 25.1 Å². The fourth-order valence-corrected chi connectivity index (χ4v) is 1.26. The molecule has 0 atom stereocenters. The Labute approximate surface area is 100 Å². The van der Waals surface area contributed by atoms with Crippen molar-refractivity contribution >= 4 is 5.91 Å². The van der Waals surface area contributed by atoms with Crippen molar-refractivity contribution in [2.24, 2.45) is 0 Å². The summed E-state index contributed by atoms with van der Waals surface area (Å²) in [6.07, 6.45) is 5.02.